The minimum absolute atomic E-state index is 0.683. The summed E-state index contributed by atoms with van der Waals surface area (Å²) in [4.78, 5) is 26.3. The molecular formula is C51H31N5S. The zero-order valence-corrected chi connectivity index (χ0v) is 31.4. The van der Waals surface area contributed by atoms with E-state index in [1.807, 2.05) is 36.5 Å². The van der Waals surface area contributed by atoms with E-state index in [4.69, 9.17) is 24.9 Å². The van der Waals surface area contributed by atoms with Gasteiger partial charge in [0.2, 0.25) is 0 Å². The topological polar surface area (TPSA) is 64.5 Å². The summed E-state index contributed by atoms with van der Waals surface area (Å²) >= 11 is 1.63. The monoisotopic (exact) mass is 745 g/mol. The van der Waals surface area contributed by atoms with Gasteiger partial charge < -0.3 is 0 Å². The summed E-state index contributed by atoms with van der Waals surface area (Å²) in [6, 6.07) is 63.4. The molecule has 5 nitrogen and oxygen atoms in total. The summed E-state index contributed by atoms with van der Waals surface area (Å²) in [5, 5.41) is 5.81. The largest absolute Gasteiger partial charge is 0.245 e. The molecule has 11 aromatic rings. The van der Waals surface area contributed by atoms with Crippen LogP contribution in [0, 0.1) is 0 Å². The van der Waals surface area contributed by atoms with Gasteiger partial charge in [-0.3, -0.25) is 0 Å². The molecule has 0 saturated heterocycles. The predicted molar refractivity (Wildman–Crippen MR) is 236 cm³/mol. The van der Waals surface area contributed by atoms with Crippen LogP contribution in [0.4, 0.5) is 0 Å². The second kappa shape index (κ2) is 13.7. The third-order valence-electron chi connectivity index (χ3n) is 10.6. The Labute approximate surface area is 332 Å². The van der Waals surface area contributed by atoms with Gasteiger partial charge in [0.05, 0.1) is 27.3 Å². The SMILES string of the molecule is c1ccc(-c2ccc(-c3cc(-c4ccc(-c5nc(-c6ccc7cc8ccccc8cc7c6)nc6c5sc5ncccc56)cc4)nc(-c4ccccc4)n3)cc2)cc1. The van der Waals surface area contributed by atoms with Gasteiger partial charge in [0.1, 0.15) is 4.83 Å². The van der Waals surface area contributed by atoms with Crippen molar-refractivity contribution < 1.29 is 0 Å². The van der Waals surface area contributed by atoms with E-state index >= 15 is 0 Å². The Bertz CT molecular complexity index is 3270. The van der Waals surface area contributed by atoms with Gasteiger partial charge in [-0.15, -0.1) is 11.3 Å². The summed E-state index contributed by atoms with van der Waals surface area (Å²) in [5.74, 6) is 1.37. The first kappa shape index (κ1) is 33.0. The normalized spacial score (nSPS) is 11.5. The average molecular weight is 746 g/mol. The highest BCUT2D eigenvalue weighted by Crippen LogP contribution is 2.40. The first-order chi connectivity index (χ1) is 28.2. The Morgan fingerprint density at radius 1 is 0.351 bits per heavy atom. The van der Waals surface area contributed by atoms with Gasteiger partial charge in [-0.1, -0.05) is 146 Å². The van der Waals surface area contributed by atoms with E-state index < -0.39 is 0 Å². The number of fused-ring (bicyclic) bond motifs is 5. The molecule has 0 fully saturated rings. The molecule has 0 bridgehead atoms. The lowest BCUT2D eigenvalue weighted by molar-refractivity contribution is 1.18. The molecule has 4 heterocycles. The van der Waals surface area contributed by atoms with Gasteiger partial charge in [-0.05, 0) is 69.1 Å². The molecule has 0 N–H and O–H groups in total. The number of hydrogen-bond acceptors (Lipinski definition) is 6. The molecule has 266 valence electrons. The smallest absolute Gasteiger partial charge is 0.160 e. The van der Waals surface area contributed by atoms with Gasteiger partial charge >= 0.3 is 0 Å². The fraction of sp³-hybridized carbons (Fsp3) is 0. The minimum atomic E-state index is 0.683. The van der Waals surface area contributed by atoms with Crippen LogP contribution in [0.25, 0.3) is 110 Å². The van der Waals surface area contributed by atoms with Gasteiger partial charge in [0, 0.05) is 39.4 Å². The van der Waals surface area contributed by atoms with E-state index in [1.165, 1.54) is 21.7 Å². The molecule has 57 heavy (non-hydrogen) atoms. The molecule has 7 aromatic carbocycles. The zero-order valence-electron chi connectivity index (χ0n) is 30.5. The second-order valence-corrected chi connectivity index (χ2v) is 15.1. The van der Waals surface area contributed by atoms with Crippen molar-refractivity contribution >= 4 is 53.3 Å². The Morgan fingerprint density at radius 2 is 0.895 bits per heavy atom. The number of nitrogens with zero attached hydrogens (tertiary/aromatic N) is 5. The molecule has 0 radical (unpaired) electrons. The highest BCUT2D eigenvalue weighted by atomic mass is 32.1. The van der Waals surface area contributed by atoms with Crippen molar-refractivity contribution in [2.24, 2.45) is 0 Å². The van der Waals surface area contributed by atoms with Crippen LogP contribution in [0.3, 0.4) is 0 Å². The van der Waals surface area contributed by atoms with Gasteiger partial charge in [-0.25, -0.2) is 24.9 Å². The van der Waals surface area contributed by atoms with Gasteiger partial charge in [0.15, 0.2) is 11.6 Å². The van der Waals surface area contributed by atoms with Crippen molar-refractivity contribution in [3.8, 4) is 67.7 Å². The summed E-state index contributed by atoms with van der Waals surface area (Å²) in [6.07, 6.45) is 1.84. The maximum atomic E-state index is 5.29. The fourth-order valence-corrected chi connectivity index (χ4v) is 8.70. The van der Waals surface area contributed by atoms with Crippen LogP contribution in [-0.2, 0) is 0 Å². The number of benzene rings is 7. The lowest BCUT2D eigenvalue weighted by Gasteiger charge is -2.11. The van der Waals surface area contributed by atoms with Crippen molar-refractivity contribution in [1.82, 2.24) is 24.9 Å². The number of rotatable bonds is 6. The number of hydrogen-bond donors (Lipinski definition) is 0. The van der Waals surface area contributed by atoms with Gasteiger partial charge in [-0.2, -0.15) is 0 Å². The standard InChI is InChI=1S/C51H31N5S/c1-3-10-32(11-4-1)33-17-19-34(20-18-33)44-31-45(54-49(53-44)37-12-5-2-6-13-37)35-21-23-36(24-22-35)46-48-47(43-16-9-27-52-51(43)57-48)56-50(55-46)41-26-25-40-28-38-14-7-8-15-39(38)29-42(40)30-41/h1-31H. The Kier molecular flexibility index (Phi) is 7.93. The van der Waals surface area contributed by atoms with Crippen molar-refractivity contribution in [3.63, 3.8) is 0 Å². The highest BCUT2D eigenvalue weighted by Gasteiger charge is 2.18. The van der Waals surface area contributed by atoms with Crippen LogP contribution in [0.1, 0.15) is 0 Å². The minimum Gasteiger partial charge on any atom is -0.245 e. The first-order valence-corrected chi connectivity index (χ1v) is 19.7. The van der Waals surface area contributed by atoms with Crippen LogP contribution in [0.15, 0.2) is 188 Å². The van der Waals surface area contributed by atoms with Crippen LogP contribution < -0.4 is 0 Å². The van der Waals surface area contributed by atoms with Crippen LogP contribution in [0.2, 0.25) is 0 Å². The molecule has 0 aliphatic heterocycles. The molecule has 0 aliphatic carbocycles. The summed E-state index contributed by atoms with van der Waals surface area (Å²) < 4.78 is 1.02. The molecular weight excluding hydrogens is 715 g/mol. The fourth-order valence-electron chi connectivity index (χ4n) is 7.60. The van der Waals surface area contributed by atoms with Crippen molar-refractivity contribution in [1.29, 1.82) is 0 Å². The van der Waals surface area contributed by atoms with Crippen LogP contribution >= 0.6 is 11.3 Å². The van der Waals surface area contributed by atoms with E-state index in [-0.39, 0.29) is 0 Å². The maximum Gasteiger partial charge on any atom is 0.160 e. The molecule has 0 aliphatic rings. The van der Waals surface area contributed by atoms with Crippen LogP contribution in [0.5, 0.6) is 0 Å². The summed E-state index contributed by atoms with van der Waals surface area (Å²) in [6.45, 7) is 0. The third kappa shape index (κ3) is 6.09. The average Bonchev–Trinajstić information content (AvgIpc) is 3.67. The Morgan fingerprint density at radius 3 is 1.60 bits per heavy atom. The zero-order chi connectivity index (χ0) is 37.7. The molecule has 0 atom stereocenters. The van der Waals surface area contributed by atoms with E-state index in [0.29, 0.717) is 11.6 Å². The Balaban J connectivity index is 1.02. The predicted octanol–water partition coefficient (Wildman–Crippen LogP) is 13.3. The molecule has 0 amide bonds. The van der Waals surface area contributed by atoms with E-state index in [0.717, 1.165) is 76.3 Å². The molecule has 6 heteroatoms. The van der Waals surface area contributed by atoms with Crippen molar-refractivity contribution in [3.05, 3.63) is 188 Å². The number of pyridine rings is 1. The first-order valence-electron chi connectivity index (χ1n) is 18.9. The lowest BCUT2D eigenvalue weighted by atomic mass is 10.0. The molecule has 0 spiro atoms. The second-order valence-electron chi connectivity index (χ2n) is 14.1. The highest BCUT2D eigenvalue weighted by molar-refractivity contribution is 7.25. The molecule has 4 aromatic heterocycles. The van der Waals surface area contributed by atoms with Crippen LogP contribution in [-0.4, -0.2) is 24.9 Å². The lowest BCUT2D eigenvalue weighted by Crippen LogP contribution is -1.96. The quantitative estimate of drug-likeness (QED) is 0.159. The Hall–Kier alpha value is -7.41. The van der Waals surface area contributed by atoms with E-state index in [2.05, 4.69) is 152 Å². The molecule has 11 rings (SSSR count). The van der Waals surface area contributed by atoms with Crippen molar-refractivity contribution in [2.75, 3.05) is 0 Å². The number of aromatic nitrogens is 5. The number of thiophene rings is 1. The van der Waals surface area contributed by atoms with Gasteiger partial charge in [0.25, 0.3) is 0 Å². The molecule has 0 saturated carbocycles. The van der Waals surface area contributed by atoms with E-state index in [9.17, 15) is 0 Å². The summed E-state index contributed by atoms with van der Waals surface area (Å²) in [7, 11) is 0. The van der Waals surface area contributed by atoms with E-state index in [1.54, 1.807) is 11.3 Å². The molecule has 0 unspecified atom stereocenters. The summed E-state index contributed by atoms with van der Waals surface area (Å²) in [5.41, 5.74) is 10.8. The maximum absolute atomic E-state index is 5.29. The third-order valence-corrected chi connectivity index (χ3v) is 11.7. The van der Waals surface area contributed by atoms with Crippen molar-refractivity contribution in [2.45, 2.75) is 0 Å².